The number of hydrogen-bond donors (Lipinski definition) is 2. The van der Waals surface area contributed by atoms with Gasteiger partial charge in [-0.05, 0) is 11.1 Å². The standard InChI is InChI=1S/C17H17N3O5/c21-14-5-7-19(17(25)18-14)8-6-15(22)20-10-12-4-2-1-3-11(12)9-13(20)16(23)24/h1-5,7,13H,6,8-10H2,(H,23,24)(H,18,21,25)/t13-/m1/s1. The van der Waals surface area contributed by atoms with Gasteiger partial charge in [0.15, 0.2) is 0 Å². The summed E-state index contributed by atoms with van der Waals surface area (Å²) in [7, 11) is 0. The predicted octanol–water partition coefficient (Wildman–Crippen LogP) is -0.0352. The molecule has 0 unspecified atom stereocenters. The van der Waals surface area contributed by atoms with E-state index in [-0.39, 0.29) is 31.8 Å². The van der Waals surface area contributed by atoms with E-state index in [1.807, 2.05) is 24.3 Å². The quantitative estimate of drug-likeness (QED) is 0.809. The van der Waals surface area contributed by atoms with E-state index in [1.54, 1.807) is 0 Å². The van der Waals surface area contributed by atoms with Crippen LogP contribution in [0.15, 0.2) is 46.1 Å². The number of hydrogen-bond acceptors (Lipinski definition) is 4. The number of aromatic amines is 1. The summed E-state index contributed by atoms with van der Waals surface area (Å²) in [6, 6.07) is 7.71. The van der Waals surface area contributed by atoms with E-state index in [2.05, 4.69) is 4.98 Å². The van der Waals surface area contributed by atoms with Gasteiger partial charge in [-0.2, -0.15) is 0 Å². The Balaban J connectivity index is 1.76. The van der Waals surface area contributed by atoms with Crippen molar-refractivity contribution in [2.45, 2.75) is 32.0 Å². The van der Waals surface area contributed by atoms with Crippen LogP contribution in [0.1, 0.15) is 17.5 Å². The molecule has 25 heavy (non-hydrogen) atoms. The fourth-order valence-electron chi connectivity index (χ4n) is 2.99. The summed E-state index contributed by atoms with van der Waals surface area (Å²) < 4.78 is 1.22. The average molecular weight is 343 g/mol. The first-order valence-electron chi connectivity index (χ1n) is 7.84. The zero-order valence-electron chi connectivity index (χ0n) is 13.3. The fraction of sp³-hybridized carbons (Fsp3) is 0.294. The van der Waals surface area contributed by atoms with Crippen LogP contribution in [0.3, 0.4) is 0 Å². The van der Waals surface area contributed by atoms with Crippen molar-refractivity contribution < 1.29 is 14.7 Å². The average Bonchev–Trinajstić information content (AvgIpc) is 2.59. The smallest absolute Gasteiger partial charge is 0.328 e. The van der Waals surface area contributed by atoms with Crippen molar-refractivity contribution in [3.05, 3.63) is 68.5 Å². The number of nitrogens with zero attached hydrogens (tertiary/aromatic N) is 2. The maximum Gasteiger partial charge on any atom is 0.328 e. The summed E-state index contributed by atoms with van der Waals surface area (Å²) in [6.45, 7) is 0.297. The Morgan fingerprint density at radius 2 is 1.88 bits per heavy atom. The summed E-state index contributed by atoms with van der Waals surface area (Å²) in [6.07, 6.45) is 1.54. The molecule has 3 rings (SSSR count). The molecule has 0 saturated carbocycles. The number of H-pyrrole nitrogens is 1. The summed E-state index contributed by atoms with van der Waals surface area (Å²) in [5.41, 5.74) is 0.746. The SMILES string of the molecule is O=C(O)[C@H]1Cc2ccccc2CN1C(=O)CCn1ccc(=O)[nH]c1=O. The molecule has 0 bridgehead atoms. The molecule has 8 nitrogen and oxygen atoms in total. The van der Waals surface area contributed by atoms with Crippen molar-refractivity contribution in [2.75, 3.05) is 0 Å². The first kappa shape index (κ1) is 16.7. The maximum atomic E-state index is 12.5. The number of benzene rings is 1. The molecule has 8 heteroatoms. The zero-order chi connectivity index (χ0) is 18.0. The predicted molar refractivity (Wildman–Crippen MR) is 88.1 cm³/mol. The van der Waals surface area contributed by atoms with Gasteiger partial charge in [0.25, 0.3) is 5.56 Å². The molecular weight excluding hydrogens is 326 g/mol. The van der Waals surface area contributed by atoms with Crippen LogP contribution in [0, 0.1) is 0 Å². The Morgan fingerprint density at radius 1 is 1.16 bits per heavy atom. The van der Waals surface area contributed by atoms with Gasteiger partial charge in [0.2, 0.25) is 5.91 Å². The molecule has 1 atom stereocenters. The number of rotatable bonds is 4. The second kappa shape index (κ2) is 6.76. The molecule has 130 valence electrons. The lowest BCUT2D eigenvalue weighted by atomic mass is 9.93. The third-order valence-electron chi connectivity index (χ3n) is 4.32. The Morgan fingerprint density at radius 3 is 2.56 bits per heavy atom. The van der Waals surface area contributed by atoms with Gasteiger partial charge >= 0.3 is 11.7 Å². The molecule has 2 heterocycles. The second-order valence-electron chi connectivity index (χ2n) is 5.90. The van der Waals surface area contributed by atoms with Gasteiger partial charge < -0.3 is 14.6 Å². The van der Waals surface area contributed by atoms with Crippen LogP contribution in [-0.2, 0) is 29.1 Å². The van der Waals surface area contributed by atoms with E-state index in [9.17, 15) is 24.3 Å². The number of carboxylic acid groups (broad SMARTS) is 1. The minimum atomic E-state index is -1.05. The van der Waals surface area contributed by atoms with Crippen LogP contribution in [0.5, 0.6) is 0 Å². The van der Waals surface area contributed by atoms with Crippen molar-refractivity contribution in [1.29, 1.82) is 0 Å². The first-order valence-corrected chi connectivity index (χ1v) is 7.84. The zero-order valence-corrected chi connectivity index (χ0v) is 13.3. The molecule has 1 aliphatic rings. The van der Waals surface area contributed by atoms with Gasteiger partial charge in [-0.25, -0.2) is 9.59 Å². The number of aryl methyl sites for hydroxylation is 1. The van der Waals surface area contributed by atoms with E-state index in [4.69, 9.17) is 0 Å². The molecule has 2 N–H and O–H groups in total. The first-order chi connectivity index (χ1) is 12.0. The van der Waals surface area contributed by atoms with E-state index in [0.717, 1.165) is 11.1 Å². The molecule has 0 fully saturated rings. The fourth-order valence-corrected chi connectivity index (χ4v) is 2.99. The lowest BCUT2D eigenvalue weighted by molar-refractivity contribution is -0.151. The molecule has 1 aromatic heterocycles. The van der Waals surface area contributed by atoms with Crippen LogP contribution >= 0.6 is 0 Å². The molecule has 1 aromatic carbocycles. The van der Waals surface area contributed by atoms with Gasteiger partial charge in [-0.15, -0.1) is 0 Å². The minimum absolute atomic E-state index is 0.0299. The normalized spacial score (nSPS) is 16.3. The Hall–Kier alpha value is -3.16. The number of nitrogens with one attached hydrogen (secondary N) is 1. The summed E-state index contributed by atoms with van der Waals surface area (Å²) in [5.74, 6) is -1.40. The molecule has 1 amide bonds. The lowest BCUT2D eigenvalue weighted by Crippen LogP contribution is -2.49. The third-order valence-corrected chi connectivity index (χ3v) is 4.32. The van der Waals surface area contributed by atoms with Crippen molar-refractivity contribution in [3.63, 3.8) is 0 Å². The Labute approximate surface area is 142 Å². The number of amides is 1. The highest BCUT2D eigenvalue weighted by Crippen LogP contribution is 2.24. The Kier molecular flexibility index (Phi) is 4.51. The number of aliphatic carboxylic acids is 1. The number of carboxylic acids is 1. The van der Waals surface area contributed by atoms with E-state index >= 15 is 0 Å². The van der Waals surface area contributed by atoms with E-state index < -0.39 is 23.3 Å². The molecule has 2 aromatic rings. The summed E-state index contributed by atoms with van der Waals surface area (Å²) >= 11 is 0. The van der Waals surface area contributed by atoms with E-state index in [1.165, 1.54) is 21.7 Å². The van der Waals surface area contributed by atoms with E-state index in [0.29, 0.717) is 0 Å². The third kappa shape index (κ3) is 3.52. The van der Waals surface area contributed by atoms with Crippen LogP contribution in [0.4, 0.5) is 0 Å². The van der Waals surface area contributed by atoms with Crippen molar-refractivity contribution in [3.8, 4) is 0 Å². The highest BCUT2D eigenvalue weighted by molar-refractivity contribution is 5.84. The van der Waals surface area contributed by atoms with Crippen molar-refractivity contribution in [2.24, 2.45) is 0 Å². The molecule has 0 spiro atoms. The number of fused-ring (bicyclic) bond motifs is 1. The summed E-state index contributed by atoms with van der Waals surface area (Å²) in [4.78, 5) is 50.3. The highest BCUT2D eigenvalue weighted by Gasteiger charge is 2.34. The molecule has 0 aliphatic carbocycles. The summed E-state index contributed by atoms with van der Waals surface area (Å²) in [5, 5.41) is 9.45. The number of aromatic nitrogens is 2. The Bertz CT molecular complexity index is 930. The molecule has 0 saturated heterocycles. The molecule has 0 radical (unpaired) electrons. The molecule has 1 aliphatic heterocycles. The number of carbonyl (C=O) groups is 2. The van der Waals surface area contributed by atoms with Gasteiger partial charge in [0.1, 0.15) is 6.04 Å². The van der Waals surface area contributed by atoms with Gasteiger partial charge in [0, 0.05) is 38.2 Å². The number of carbonyl (C=O) groups excluding carboxylic acids is 1. The van der Waals surface area contributed by atoms with Gasteiger partial charge in [-0.1, -0.05) is 24.3 Å². The van der Waals surface area contributed by atoms with Crippen LogP contribution < -0.4 is 11.2 Å². The lowest BCUT2D eigenvalue weighted by Gasteiger charge is -2.34. The highest BCUT2D eigenvalue weighted by atomic mass is 16.4. The van der Waals surface area contributed by atoms with Crippen LogP contribution in [0.2, 0.25) is 0 Å². The van der Waals surface area contributed by atoms with Gasteiger partial charge in [-0.3, -0.25) is 14.6 Å². The van der Waals surface area contributed by atoms with Gasteiger partial charge in [0.05, 0.1) is 0 Å². The van der Waals surface area contributed by atoms with Crippen LogP contribution in [-0.4, -0.2) is 37.5 Å². The van der Waals surface area contributed by atoms with Crippen molar-refractivity contribution >= 4 is 11.9 Å². The second-order valence-corrected chi connectivity index (χ2v) is 5.90. The van der Waals surface area contributed by atoms with Crippen LogP contribution in [0.25, 0.3) is 0 Å². The monoisotopic (exact) mass is 343 g/mol. The van der Waals surface area contributed by atoms with Crippen molar-refractivity contribution in [1.82, 2.24) is 14.5 Å². The minimum Gasteiger partial charge on any atom is -0.480 e. The topological polar surface area (TPSA) is 112 Å². The largest absolute Gasteiger partial charge is 0.480 e. The maximum absolute atomic E-state index is 12.5. The molecular formula is C17H17N3O5.